The highest BCUT2D eigenvalue weighted by atomic mass is 16.5. The largest absolute Gasteiger partial charge is 0.508 e. The summed E-state index contributed by atoms with van der Waals surface area (Å²) < 4.78 is 5.61. The summed E-state index contributed by atoms with van der Waals surface area (Å²) in [6, 6.07) is 9.41. The Balaban J connectivity index is 0.738. The molecule has 0 bridgehead atoms. The minimum atomic E-state index is -1.03. The van der Waals surface area contributed by atoms with Gasteiger partial charge >= 0.3 is 0 Å². The van der Waals surface area contributed by atoms with E-state index in [1.165, 1.54) is 11.6 Å². The first-order valence-corrected chi connectivity index (χ1v) is 22.6. The molecule has 5 N–H and O–H groups in total. The molecule has 334 valence electrons. The number of amides is 2. The smallest absolute Gasteiger partial charge is 0.258 e. The van der Waals surface area contributed by atoms with Crippen molar-refractivity contribution in [3.63, 3.8) is 0 Å². The van der Waals surface area contributed by atoms with E-state index >= 15 is 0 Å². The van der Waals surface area contributed by atoms with Gasteiger partial charge in [0.15, 0.2) is 5.82 Å². The van der Waals surface area contributed by atoms with Crippen molar-refractivity contribution in [1.82, 2.24) is 39.5 Å². The number of anilines is 2. The number of nitrogens with zero attached hydrogens (tertiary/aromatic N) is 9. The Labute approximate surface area is 368 Å². The molecule has 0 spiro atoms. The molecule has 0 unspecified atom stereocenters. The van der Waals surface area contributed by atoms with Crippen LogP contribution in [0.3, 0.4) is 0 Å². The monoisotopic (exact) mass is 860 g/mol. The minimum Gasteiger partial charge on any atom is -0.508 e. The van der Waals surface area contributed by atoms with Crippen LogP contribution >= 0.6 is 0 Å². The molecule has 0 radical (unpaired) electrons. The zero-order chi connectivity index (χ0) is 43.8. The van der Waals surface area contributed by atoms with Crippen LogP contribution in [-0.4, -0.2) is 138 Å². The molecular formula is C47H60N10O6. The maximum Gasteiger partial charge on any atom is 0.258 e. The second-order valence-corrected chi connectivity index (χ2v) is 18.6. The van der Waals surface area contributed by atoms with Gasteiger partial charge in [0.1, 0.15) is 17.3 Å². The fraction of sp³-hybridized carbons (Fsp3) is 0.532. The van der Waals surface area contributed by atoms with Crippen molar-refractivity contribution in [1.29, 1.82) is 0 Å². The summed E-state index contributed by atoms with van der Waals surface area (Å²) in [4.78, 5) is 56.3. The average molecular weight is 861 g/mol. The number of nitrogen functional groups attached to an aromatic ring is 1. The van der Waals surface area contributed by atoms with Crippen LogP contribution in [0.5, 0.6) is 11.5 Å². The molecule has 16 heteroatoms. The Morgan fingerprint density at radius 3 is 2.32 bits per heavy atom. The number of hydrogen-bond donors (Lipinski definition) is 4. The van der Waals surface area contributed by atoms with Crippen LogP contribution in [0.4, 0.5) is 11.8 Å². The molecule has 2 aromatic carbocycles. The number of rotatable bonds is 10. The molecule has 0 aliphatic carbocycles. The van der Waals surface area contributed by atoms with Gasteiger partial charge < -0.3 is 45.4 Å². The third kappa shape index (κ3) is 9.45. The Hall–Kier alpha value is -5.42. The maximum atomic E-state index is 13.8. The van der Waals surface area contributed by atoms with Gasteiger partial charge in [-0.2, -0.15) is 0 Å². The molecule has 4 aromatic rings. The van der Waals surface area contributed by atoms with E-state index in [0.717, 1.165) is 93.4 Å². The fourth-order valence-corrected chi connectivity index (χ4v) is 10.0. The minimum absolute atomic E-state index is 0.00145. The van der Waals surface area contributed by atoms with E-state index in [2.05, 4.69) is 42.9 Å². The Morgan fingerprint density at radius 1 is 0.857 bits per heavy atom. The number of phenolic OH excluding ortho intramolecular Hbond substituents is 2. The number of aromatic nitrogens is 4. The number of aromatic hydroxyl groups is 2. The molecule has 63 heavy (non-hydrogen) atoms. The topological polar surface area (TPSA) is 198 Å². The number of phenols is 2. The second-order valence-electron chi connectivity index (χ2n) is 18.6. The lowest BCUT2D eigenvalue weighted by molar-refractivity contribution is -0.139. The number of fused-ring (bicyclic) bond motifs is 2. The molecular weight excluding hydrogens is 801 g/mol. The number of aliphatic hydroxyl groups is 1. The van der Waals surface area contributed by atoms with Crippen molar-refractivity contribution in [2.24, 2.45) is 5.92 Å². The number of carbonyl (C=O) groups is 2. The van der Waals surface area contributed by atoms with E-state index in [1.807, 2.05) is 18.7 Å². The van der Waals surface area contributed by atoms with E-state index in [-0.39, 0.29) is 47.2 Å². The summed E-state index contributed by atoms with van der Waals surface area (Å²) >= 11 is 0. The lowest BCUT2D eigenvalue weighted by Gasteiger charge is -2.41. The molecule has 3 fully saturated rings. The number of piperidine rings is 2. The summed E-state index contributed by atoms with van der Waals surface area (Å²) in [7, 11) is 0. The lowest BCUT2D eigenvalue weighted by Crippen LogP contribution is -2.49. The molecule has 5 aliphatic heterocycles. The van der Waals surface area contributed by atoms with Crippen LogP contribution in [-0.2, 0) is 42.1 Å². The number of benzene rings is 2. The first-order valence-electron chi connectivity index (χ1n) is 22.6. The van der Waals surface area contributed by atoms with Crippen LogP contribution in [0.15, 0.2) is 42.7 Å². The van der Waals surface area contributed by atoms with Gasteiger partial charge in [0, 0.05) is 82.9 Å². The third-order valence-electron chi connectivity index (χ3n) is 13.8. The van der Waals surface area contributed by atoms with E-state index in [1.54, 1.807) is 23.4 Å². The zero-order valence-corrected chi connectivity index (χ0v) is 36.5. The Kier molecular flexibility index (Phi) is 12.2. The Bertz CT molecular complexity index is 2320. The number of ether oxygens (including phenoxy) is 1. The maximum absolute atomic E-state index is 13.8. The van der Waals surface area contributed by atoms with Gasteiger partial charge in [-0.05, 0) is 85.3 Å². The average Bonchev–Trinajstić information content (AvgIpc) is 3.71. The van der Waals surface area contributed by atoms with E-state index < -0.39 is 5.60 Å². The van der Waals surface area contributed by atoms with Crippen molar-refractivity contribution in [3.05, 3.63) is 81.8 Å². The third-order valence-corrected chi connectivity index (χ3v) is 13.8. The first kappa shape index (κ1) is 42.9. The summed E-state index contributed by atoms with van der Waals surface area (Å²) in [6.45, 7) is 13.9. The van der Waals surface area contributed by atoms with Gasteiger partial charge in [-0.1, -0.05) is 32.0 Å². The highest BCUT2D eigenvalue weighted by molar-refractivity contribution is 5.97. The number of carbonyl (C=O) groups excluding carboxylic acids is 2. The van der Waals surface area contributed by atoms with E-state index in [9.17, 15) is 24.9 Å². The highest BCUT2D eigenvalue weighted by Gasteiger charge is 2.38. The molecule has 9 rings (SSSR count). The number of morpholine rings is 1. The number of nitrogens with two attached hydrogens (primary N) is 1. The standard InChI is InChI=1S/C47H60N10O6/c1-30(2)37-20-38(41(59)21-40(37)58)45(61)57-27-33-4-3-32(19-34(33)28-57)26-53-10-5-31(6-11-53)25-54-13-8-47(62,9-14-54)22-42(60)56-12-7-36-39(29-56)51-43(35-23-49-46(48)50-24-35)52-44(36)55-15-17-63-18-16-55/h3-4,19-21,23-24,30-31,58-59,62H,5-18,22,25-29H2,1-2H3,(H2,48,49,50). The predicted molar refractivity (Wildman–Crippen MR) is 237 cm³/mol. The molecule has 0 atom stereocenters. The number of hydrogen-bond acceptors (Lipinski definition) is 14. The Morgan fingerprint density at radius 2 is 1.59 bits per heavy atom. The summed E-state index contributed by atoms with van der Waals surface area (Å²) in [5.41, 5.74) is 11.6. The quantitative estimate of drug-likeness (QED) is 0.178. The molecule has 16 nitrogen and oxygen atoms in total. The fourth-order valence-electron chi connectivity index (χ4n) is 10.0. The van der Waals surface area contributed by atoms with Crippen LogP contribution in [0.2, 0.25) is 0 Å². The molecule has 2 amide bonds. The summed E-state index contributed by atoms with van der Waals surface area (Å²) in [6.07, 6.45) is 7.36. The lowest BCUT2D eigenvalue weighted by atomic mass is 9.86. The van der Waals surface area contributed by atoms with Crippen LogP contribution in [0.1, 0.15) is 95.7 Å². The van der Waals surface area contributed by atoms with Gasteiger partial charge in [-0.3, -0.25) is 14.5 Å². The van der Waals surface area contributed by atoms with Crippen LogP contribution in [0.25, 0.3) is 11.4 Å². The molecule has 7 heterocycles. The summed E-state index contributed by atoms with van der Waals surface area (Å²) in [5.74, 6) is 1.68. The predicted octanol–water partition coefficient (Wildman–Crippen LogP) is 4.06. The van der Waals surface area contributed by atoms with Crippen molar-refractivity contribution >= 4 is 23.6 Å². The van der Waals surface area contributed by atoms with Crippen molar-refractivity contribution < 1.29 is 29.6 Å². The highest BCUT2D eigenvalue weighted by Crippen LogP contribution is 2.36. The molecule has 5 aliphatic rings. The van der Waals surface area contributed by atoms with Gasteiger partial charge in [0.2, 0.25) is 11.9 Å². The normalized spacial score (nSPS) is 19.7. The van der Waals surface area contributed by atoms with Gasteiger partial charge in [0.25, 0.3) is 5.91 Å². The molecule has 2 aromatic heterocycles. The van der Waals surface area contributed by atoms with Crippen molar-refractivity contribution in [3.8, 4) is 22.9 Å². The number of likely N-dealkylation sites (tertiary alicyclic amines) is 2. The summed E-state index contributed by atoms with van der Waals surface area (Å²) in [5, 5.41) is 32.5. The molecule has 3 saturated heterocycles. The SMILES string of the molecule is CC(C)c1cc(C(=O)N2Cc3ccc(CN4CCC(CN5CCC(O)(CC(=O)N6CCc7c(nc(-c8cnc(N)nc8)nc7N7CCOCC7)C6)CC5)CC4)cc3C2)c(O)cc1O. The first-order chi connectivity index (χ1) is 30.4. The second kappa shape index (κ2) is 18.0. The molecule has 0 saturated carbocycles. The zero-order valence-electron chi connectivity index (χ0n) is 36.5. The van der Waals surface area contributed by atoms with Gasteiger partial charge in [-0.25, -0.2) is 19.9 Å². The van der Waals surface area contributed by atoms with Gasteiger partial charge in [0.05, 0.1) is 48.6 Å². The van der Waals surface area contributed by atoms with Crippen LogP contribution < -0.4 is 10.6 Å². The van der Waals surface area contributed by atoms with E-state index in [0.29, 0.717) is 81.5 Å². The van der Waals surface area contributed by atoms with Crippen molar-refractivity contribution in [2.75, 3.05) is 76.2 Å². The van der Waals surface area contributed by atoms with Crippen LogP contribution in [0, 0.1) is 5.92 Å². The van der Waals surface area contributed by atoms with Gasteiger partial charge in [-0.15, -0.1) is 0 Å². The van der Waals surface area contributed by atoms with E-state index in [4.69, 9.17) is 20.4 Å². The van der Waals surface area contributed by atoms with Crippen molar-refractivity contribution in [2.45, 2.75) is 90.1 Å².